The van der Waals surface area contributed by atoms with Crippen LogP contribution >= 0.6 is 11.3 Å². The molecule has 0 aliphatic heterocycles. The minimum atomic E-state index is -4.54. The Hall–Kier alpha value is -1.24. The molecule has 1 aromatic heterocycles. The summed E-state index contributed by atoms with van der Waals surface area (Å²) in [4.78, 5) is 8.85. The number of nitrogens with two attached hydrogens (primary N) is 1. The normalized spacial score (nSPS) is 11.6. The van der Waals surface area contributed by atoms with Gasteiger partial charge in [0.25, 0.3) is 0 Å². The average molecular weight is 211 g/mol. The smallest absolute Gasteiger partial charge is 0.425 e. The Morgan fingerprint density at radius 2 is 2.08 bits per heavy atom. The summed E-state index contributed by atoms with van der Waals surface area (Å²) in [6.07, 6.45) is -4.54. The van der Waals surface area contributed by atoms with Gasteiger partial charge in [0, 0.05) is 0 Å². The number of carboxylic acids is 1. The molecule has 1 aromatic rings. The van der Waals surface area contributed by atoms with Crippen LogP contribution in [0.4, 0.5) is 18.9 Å². The van der Waals surface area contributed by atoms with Crippen LogP contribution in [-0.2, 0) is 6.18 Å². The first-order chi connectivity index (χ1) is 5.82. The van der Waals surface area contributed by atoms with Crippen LogP contribution in [0.25, 0.3) is 0 Å². The molecular weight excluding hydrogens is 207 g/mol. The Morgan fingerprint density at radius 1 is 1.54 bits per heavy atom. The number of aromatic carboxylic acids is 1. The first-order valence-electron chi connectivity index (χ1n) is 3.02. The second-order valence-corrected chi connectivity index (χ2v) is 3.25. The van der Waals surface area contributed by atoms with Crippen LogP contribution in [0.5, 0.6) is 0 Å². The fourth-order valence-corrected chi connectivity index (χ4v) is 1.50. The van der Waals surface area contributed by atoms with Crippen molar-refractivity contribution in [1.82, 2.24) is 0 Å². The maximum atomic E-state index is 12.0. The number of alkyl halides is 3. The van der Waals surface area contributed by atoms with E-state index in [0.29, 0.717) is 6.07 Å². The summed E-state index contributed by atoms with van der Waals surface area (Å²) < 4.78 is 36.0. The maximum absolute atomic E-state index is 12.0. The van der Waals surface area contributed by atoms with E-state index in [9.17, 15) is 18.0 Å². The van der Waals surface area contributed by atoms with Crippen molar-refractivity contribution in [3.05, 3.63) is 15.8 Å². The fraction of sp³-hybridized carbons (Fsp3) is 0.167. The van der Waals surface area contributed by atoms with Crippen LogP contribution < -0.4 is 5.73 Å². The molecule has 0 aliphatic rings. The molecular formula is C6H4F3NO2S. The Balaban J connectivity index is 3.17. The number of hydrogen-bond acceptors (Lipinski definition) is 3. The molecule has 1 heterocycles. The lowest BCUT2D eigenvalue weighted by atomic mass is 10.3. The molecule has 0 unspecified atom stereocenters. The molecule has 0 spiro atoms. The number of rotatable bonds is 1. The van der Waals surface area contributed by atoms with E-state index >= 15 is 0 Å². The second kappa shape index (κ2) is 2.91. The first kappa shape index (κ1) is 9.85. The standard InChI is InChI=1S/C6H4F3NO2S/c7-6(8,9)3-1-2(10)4(13-3)5(11)12/h1H,10H2,(H,11,12). The topological polar surface area (TPSA) is 63.3 Å². The molecule has 7 heteroatoms. The van der Waals surface area contributed by atoms with Gasteiger partial charge in [0.15, 0.2) is 0 Å². The van der Waals surface area contributed by atoms with E-state index in [1.165, 1.54) is 0 Å². The minimum absolute atomic E-state index is 0.125. The van der Waals surface area contributed by atoms with Crippen LogP contribution in [0.2, 0.25) is 0 Å². The van der Waals surface area contributed by atoms with Gasteiger partial charge < -0.3 is 10.8 Å². The number of anilines is 1. The van der Waals surface area contributed by atoms with E-state index in [1.807, 2.05) is 0 Å². The van der Waals surface area contributed by atoms with Gasteiger partial charge in [-0.15, -0.1) is 11.3 Å². The molecule has 0 radical (unpaired) electrons. The molecule has 0 aliphatic carbocycles. The Bertz CT molecular complexity index is 344. The van der Waals surface area contributed by atoms with E-state index in [-0.39, 0.29) is 17.0 Å². The summed E-state index contributed by atoms with van der Waals surface area (Å²) in [5.41, 5.74) is 4.71. The lowest BCUT2D eigenvalue weighted by molar-refractivity contribution is -0.134. The second-order valence-electron chi connectivity index (χ2n) is 2.20. The van der Waals surface area contributed by atoms with Crippen LogP contribution in [0.3, 0.4) is 0 Å². The molecule has 3 N–H and O–H groups in total. The third-order valence-corrected chi connectivity index (χ3v) is 2.42. The van der Waals surface area contributed by atoms with Crippen LogP contribution in [0.1, 0.15) is 14.5 Å². The van der Waals surface area contributed by atoms with E-state index in [2.05, 4.69) is 0 Å². The van der Waals surface area contributed by atoms with Crippen molar-refractivity contribution in [1.29, 1.82) is 0 Å². The zero-order valence-electron chi connectivity index (χ0n) is 6.05. The average Bonchev–Trinajstić information content (AvgIpc) is 2.29. The van der Waals surface area contributed by atoms with E-state index in [1.54, 1.807) is 0 Å². The predicted octanol–water partition coefficient (Wildman–Crippen LogP) is 2.05. The summed E-state index contributed by atoms with van der Waals surface area (Å²) >= 11 is 0.125. The summed E-state index contributed by atoms with van der Waals surface area (Å²) in [5, 5.41) is 8.41. The van der Waals surface area contributed by atoms with Crippen molar-refractivity contribution in [3.63, 3.8) is 0 Å². The Morgan fingerprint density at radius 3 is 2.31 bits per heavy atom. The molecule has 1 rings (SSSR count). The fourth-order valence-electron chi connectivity index (χ4n) is 0.712. The van der Waals surface area contributed by atoms with E-state index < -0.39 is 21.9 Å². The molecule has 13 heavy (non-hydrogen) atoms. The zero-order chi connectivity index (χ0) is 10.2. The van der Waals surface area contributed by atoms with E-state index in [0.717, 1.165) is 0 Å². The quantitative estimate of drug-likeness (QED) is 0.747. The molecule has 3 nitrogen and oxygen atoms in total. The van der Waals surface area contributed by atoms with Gasteiger partial charge in [-0.25, -0.2) is 4.79 Å². The highest BCUT2D eigenvalue weighted by atomic mass is 32.1. The molecule has 0 amide bonds. The maximum Gasteiger partial charge on any atom is 0.425 e. The van der Waals surface area contributed by atoms with Gasteiger partial charge in [-0.3, -0.25) is 0 Å². The van der Waals surface area contributed by atoms with Crippen molar-refractivity contribution >= 4 is 23.0 Å². The molecule has 0 aromatic carbocycles. The number of nitrogen functional groups attached to an aromatic ring is 1. The van der Waals surface area contributed by atoms with Crippen molar-refractivity contribution in [2.45, 2.75) is 6.18 Å². The lowest BCUT2D eigenvalue weighted by Crippen LogP contribution is -2.00. The number of carboxylic acid groups (broad SMARTS) is 1. The van der Waals surface area contributed by atoms with Gasteiger partial charge in [0.2, 0.25) is 0 Å². The molecule has 72 valence electrons. The number of hydrogen-bond donors (Lipinski definition) is 2. The SMILES string of the molecule is Nc1cc(C(F)(F)F)sc1C(=O)O. The van der Waals surface area contributed by atoms with Crippen LogP contribution in [0, 0.1) is 0 Å². The largest absolute Gasteiger partial charge is 0.477 e. The summed E-state index contributed by atoms with van der Waals surface area (Å²) in [5.74, 6) is -1.45. The lowest BCUT2D eigenvalue weighted by Gasteiger charge is -1.99. The van der Waals surface area contributed by atoms with Crippen molar-refractivity contribution in [3.8, 4) is 0 Å². The third kappa shape index (κ3) is 1.92. The van der Waals surface area contributed by atoms with Gasteiger partial charge in [0.1, 0.15) is 9.75 Å². The Kier molecular flexibility index (Phi) is 2.21. The highest BCUT2D eigenvalue weighted by Crippen LogP contribution is 2.37. The predicted molar refractivity (Wildman–Crippen MR) is 40.7 cm³/mol. The highest BCUT2D eigenvalue weighted by molar-refractivity contribution is 7.14. The molecule has 0 bridgehead atoms. The van der Waals surface area contributed by atoms with Crippen molar-refractivity contribution in [2.75, 3.05) is 5.73 Å². The minimum Gasteiger partial charge on any atom is -0.477 e. The third-order valence-electron chi connectivity index (χ3n) is 1.23. The summed E-state index contributed by atoms with van der Waals surface area (Å²) in [7, 11) is 0. The number of halogens is 3. The van der Waals surface area contributed by atoms with E-state index in [4.69, 9.17) is 10.8 Å². The van der Waals surface area contributed by atoms with Crippen LogP contribution in [-0.4, -0.2) is 11.1 Å². The van der Waals surface area contributed by atoms with Gasteiger partial charge in [-0.1, -0.05) is 0 Å². The van der Waals surface area contributed by atoms with Crippen molar-refractivity contribution in [2.24, 2.45) is 0 Å². The zero-order valence-corrected chi connectivity index (χ0v) is 6.87. The molecule has 0 saturated heterocycles. The Labute approximate surface area is 74.6 Å². The van der Waals surface area contributed by atoms with Gasteiger partial charge >= 0.3 is 12.1 Å². The van der Waals surface area contributed by atoms with Crippen molar-refractivity contribution < 1.29 is 23.1 Å². The number of carbonyl (C=O) groups is 1. The number of thiophene rings is 1. The van der Waals surface area contributed by atoms with Gasteiger partial charge in [-0.05, 0) is 6.07 Å². The van der Waals surface area contributed by atoms with Gasteiger partial charge in [-0.2, -0.15) is 13.2 Å². The van der Waals surface area contributed by atoms with Gasteiger partial charge in [0.05, 0.1) is 5.69 Å². The molecule has 0 fully saturated rings. The first-order valence-corrected chi connectivity index (χ1v) is 3.84. The molecule has 0 saturated carbocycles. The summed E-state index contributed by atoms with van der Waals surface area (Å²) in [6.45, 7) is 0. The highest BCUT2D eigenvalue weighted by Gasteiger charge is 2.34. The summed E-state index contributed by atoms with van der Waals surface area (Å²) in [6, 6.07) is 0.619. The monoisotopic (exact) mass is 211 g/mol. The van der Waals surface area contributed by atoms with Crippen LogP contribution in [0.15, 0.2) is 6.07 Å². The molecule has 0 atom stereocenters.